The molecule has 0 aliphatic heterocycles. The summed E-state index contributed by atoms with van der Waals surface area (Å²) in [6.07, 6.45) is 0.638. The summed E-state index contributed by atoms with van der Waals surface area (Å²) in [7, 11) is 0. The minimum atomic E-state index is -0.914. The summed E-state index contributed by atoms with van der Waals surface area (Å²) in [5, 5.41) is 4.00. The Morgan fingerprint density at radius 3 is 2.61 bits per heavy atom. The van der Waals surface area contributed by atoms with E-state index in [9.17, 15) is 23.2 Å². The normalized spacial score (nSPS) is 11.3. The molecule has 2 aromatic heterocycles. The van der Waals surface area contributed by atoms with Crippen molar-refractivity contribution in [3.8, 4) is 0 Å². The highest BCUT2D eigenvalue weighted by molar-refractivity contribution is 7.17. The highest BCUT2D eigenvalue weighted by atomic mass is 32.1. The number of thiophene rings is 1. The smallest absolute Gasteiger partial charge is 0.322 e. The summed E-state index contributed by atoms with van der Waals surface area (Å²) in [6, 6.07) is 4.38. The molecule has 9 heteroatoms. The molecule has 0 fully saturated rings. The zero-order chi connectivity index (χ0) is 20.4. The van der Waals surface area contributed by atoms with Crippen LogP contribution in [0, 0.1) is 17.6 Å². The van der Waals surface area contributed by atoms with Crippen molar-refractivity contribution < 1.29 is 13.6 Å². The lowest BCUT2D eigenvalue weighted by Crippen LogP contribution is -2.41. The third-order valence-electron chi connectivity index (χ3n) is 4.27. The molecule has 1 aromatic carbocycles. The van der Waals surface area contributed by atoms with Crippen LogP contribution in [-0.4, -0.2) is 15.0 Å². The summed E-state index contributed by atoms with van der Waals surface area (Å²) < 4.78 is 29.5. The number of aromatic nitrogens is 2. The maximum Gasteiger partial charge on any atom is 0.332 e. The van der Waals surface area contributed by atoms with Crippen LogP contribution < -0.4 is 16.6 Å². The molecule has 0 saturated carbocycles. The molecule has 3 rings (SSSR count). The number of nitrogens with one attached hydrogen (secondary N) is 1. The van der Waals surface area contributed by atoms with Gasteiger partial charge in [0.15, 0.2) is 0 Å². The minimum absolute atomic E-state index is 0.186. The van der Waals surface area contributed by atoms with Crippen LogP contribution in [0.2, 0.25) is 0 Å². The zero-order valence-electron chi connectivity index (χ0n) is 15.4. The first-order valence-electron chi connectivity index (χ1n) is 8.73. The van der Waals surface area contributed by atoms with Gasteiger partial charge in [0.1, 0.15) is 22.9 Å². The van der Waals surface area contributed by atoms with Gasteiger partial charge in [0.05, 0.1) is 11.2 Å². The maximum absolute atomic E-state index is 13.8. The number of carbonyl (C=O) groups excluding carboxylic acids is 1. The fourth-order valence-corrected chi connectivity index (χ4v) is 3.64. The Kier molecular flexibility index (Phi) is 5.73. The Balaban J connectivity index is 1.95. The Bertz CT molecular complexity index is 1150. The lowest BCUT2D eigenvalue weighted by Gasteiger charge is -2.13. The van der Waals surface area contributed by atoms with E-state index in [0.29, 0.717) is 28.6 Å². The van der Waals surface area contributed by atoms with Gasteiger partial charge in [-0.2, -0.15) is 0 Å². The van der Waals surface area contributed by atoms with Crippen LogP contribution >= 0.6 is 11.3 Å². The predicted molar refractivity (Wildman–Crippen MR) is 105 cm³/mol. The second-order valence-electron chi connectivity index (χ2n) is 6.82. The SMILES string of the molecule is CC(C)CCn1c(=O)c2sccc2n(CC(=O)Nc2ccc(F)cc2F)c1=O. The highest BCUT2D eigenvalue weighted by Crippen LogP contribution is 2.17. The topological polar surface area (TPSA) is 73.1 Å². The van der Waals surface area contributed by atoms with E-state index in [4.69, 9.17) is 0 Å². The quantitative estimate of drug-likeness (QED) is 0.682. The van der Waals surface area contributed by atoms with Gasteiger partial charge in [-0.25, -0.2) is 13.6 Å². The maximum atomic E-state index is 13.8. The number of anilines is 1. The molecule has 1 amide bonds. The summed E-state index contributed by atoms with van der Waals surface area (Å²) >= 11 is 1.19. The van der Waals surface area contributed by atoms with Gasteiger partial charge in [-0.1, -0.05) is 13.8 Å². The Morgan fingerprint density at radius 1 is 1.18 bits per heavy atom. The van der Waals surface area contributed by atoms with E-state index in [1.54, 1.807) is 11.4 Å². The first-order valence-corrected chi connectivity index (χ1v) is 9.61. The molecule has 0 unspecified atom stereocenters. The molecule has 0 bridgehead atoms. The molecule has 0 aliphatic rings. The number of nitrogens with zero attached hydrogens (tertiary/aromatic N) is 2. The molecular formula is C19H19F2N3O3S. The number of carbonyl (C=O) groups is 1. The molecule has 0 saturated heterocycles. The number of amides is 1. The first-order chi connectivity index (χ1) is 13.3. The van der Waals surface area contributed by atoms with Crippen molar-refractivity contribution in [3.05, 3.63) is 62.1 Å². The molecular weight excluding hydrogens is 388 g/mol. The number of rotatable bonds is 6. The number of hydrogen-bond acceptors (Lipinski definition) is 4. The van der Waals surface area contributed by atoms with Crippen LogP contribution in [0.15, 0.2) is 39.2 Å². The van der Waals surface area contributed by atoms with Crippen molar-refractivity contribution >= 4 is 33.1 Å². The second-order valence-corrected chi connectivity index (χ2v) is 7.73. The van der Waals surface area contributed by atoms with E-state index in [2.05, 4.69) is 5.32 Å². The standard InChI is InChI=1S/C19H19F2N3O3S/c1-11(2)5-7-23-18(26)17-15(6-8-28-17)24(19(23)27)10-16(25)22-14-4-3-12(20)9-13(14)21/h3-4,6,8-9,11H,5,7,10H2,1-2H3,(H,22,25). The third kappa shape index (κ3) is 4.04. The monoisotopic (exact) mass is 407 g/mol. The Morgan fingerprint density at radius 2 is 1.93 bits per heavy atom. The van der Waals surface area contributed by atoms with Gasteiger partial charge >= 0.3 is 5.69 Å². The van der Waals surface area contributed by atoms with Crippen molar-refractivity contribution in [2.24, 2.45) is 5.92 Å². The van der Waals surface area contributed by atoms with E-state index < -0.39 is 29.8 Å². The lowest BCUT2D eigenvalue weighted by atomic mass is 10.1. The molecule has 28 heavy (non-hydrogen) atoms. The van der Waals surface area contributed by atoms with Crippen molar-refractivity contribution in [2.75, 3.05) is 5.32 Å². The van der Waals surface area contributed by atoms with Gasteiger partial charge in [0.25, 0.3) is 5.56 Å². The average molecular weight is 407 g/mol. The second kappa shape index (κ2) is 8.05. The van der Waals surface area contributed by atoms with E-state index in [0.717, 1.165) is 16.7 Å². The fraction of sp³-hybridized carbons (Fsp3) is 0.316. The summed E-state index contributed by atoms with van der Waals surface area (Å²) in [6.45, 7) is 3.82. The zero-order valence-corrected chi connectivity index (χ0v) is 16.2. The van der Waals surface area contributed by atoms with E-state index in [1.807, 2.05) is 13.8 Å². The van der Waals surface area contributed by atoms with Crippen molar-refractivity contribution in [3.63, 3.8) is 0 Å². The molecule has 0 radical (unpaired) electrons. The van der Waals surface area contributed by atoms with E-state index in [-0.39, 0.29) is 17.8 Å². The average Bonchev–Trinajstić information content (AvgIpc) is 3.10. The largest absolute Gasteiger partial charge is 0.332 e. The number of benzene rings is 1. The molecule has 6 nitrogen and oxygen atoms in total. The molecule has 2 heterocycles. The molecule has 0 aliphatic carbocycles. The Hall–Kier alpha value is -2.81. The van der Waals surface area contributed by atoms with Crippen LogP contribution in [0.1, 0.15) is 20.3 Å². The minimum Gasteiger partial charge on any atom is -0.322 e. The summed E-state index contributed by atoms with van der Waals surface area (Å²) in [5.74, 6) is -2.04. The van der Waals surface area contributed by atoms with Gasteiger partial charge in [-0.05, 0) is 35.9 Å². The van der Waals surface area contributed by atoms with Gasteiger partial charge in [0.2, 0.25) is 5.91 Å². The Labute approximate surface area is 163 Å². The van der Waals surface area contributed by atoms with Gasteiger partial charge in [-0.3, -0.25) is 18.7 Å². The predicted octanol–water partition coefficient (Wildman–Crippen LogP) is 3.19. The van der Waals surface area contributed by atoms with Gasteiger partial charge < -0.3 is 5.32 Å². The van der Waals surface area contributed by atoms with Gasteiger partial charge in [0, 0.05) is 12.6 Å². The van der Waals surface area contributed by atoms with Crippen LogP contribution in [0.5, 0.6) is 0 Å². The van der Waals surface area contributed by atoms with Crippen molar-refractivity contribution in [1.29, 1.82) is 0 Å². The van der Waals surface area contributed by atoms with Crippen LogP contribution in [0.4, 0.5) is 14.5 Å². The fourth-order valence-electron chi connectivity index (χ4n) is 2.79. The molecule has 3 aromatic rings. The third-order valence-corrected chi connectivity index (χ3v) is 5.17. The number of halogens is 2. The molecule has 148 valence electrons. The summed E-state index contributed by atoms with van der Waals surface area (Å²) in [5.41, 5.74) is -0.798. The van der Waals surface area contributed by atoms with Crippen molar-refractivity contribution in [2.45, 2.75) is 33.4 Å². The first kappa shape index (κ1) is 19.9. The van der Waals surface area contributed by atoms with Crippen molar-refractivity contribution in [1.82, 2.24) is 9.13 Å². The number of hydrogen-bond donors (Lipinski definition) is 1. The number of fused-ring (bicyclic) bond motifs is 1. The van der Waals surface area contributed by atoms with Crippen LogP contribution in [0.25, 0.3) is 10.2 Å². The van der Waals surface area contributed by atoms with E-state index >= 15 is 0 Å². The van der Waals surface area contributed by atoms with Crippen LogP contribution in [-0.2, 0) is 17.9 Å². The van der Waals surface area contributed by atoms with Gasteiger partial charge in [-0.15, -0.1) is 11.3 Å². The molecule has 1 N–H and O–H groups in total. The lowest BCUT2D eigenvalue weighted by molar-refractivity contribution is -0.116. The molecule has 0 atom stereocenters. The summed E-state index contributed by atoms with van der Waals surface area (Å²) in [4.78, 5) is 37.8. The van der Waals surface area contributed by atoms with Crippen LogP contribution in [0.3, 0.4) is 0 Å². The molecule has 0 spiro atoms. The van der Waals surface area contributed by atoms with E-state index in [1.165, 1.54) is 15.9 Å². The highest BCUT2D eigenvalue weighted by Gasteiger charge is 2.17.